The largest absolute Gasteiger partial charge is 0.463 e. The van der Waals surface area contributed by atoms with Crippen molar-refractivity contribution in [1.29, 1.82) is 0 Å². The van der Waals surface area contributed by atoms with Gasteiger partial charge in [-0.15, -0.1) is 11.3 Å². The number of carbonyl (C=O) groups is 2. The van der Waals surface area contributed by atoms with E-state index < -0.39 is 17.9 Å². The minimum atomic E-state index is -0.703. The summed E-state index contributed by atoms with van der Waals surface area (Å²) in [7, 11) is 0. The molecule has 9 heteroatoms. The van der Waals surface area contributed by atoms with E-state index in [0.29, 0.717) is 38.4 Å². The van der Waals surface area contributed by atoms with Crippen LogP contribution < -0.4 is 10.6 Å². The van der Waals surface area contributed by atoms with Gasteiger partial charge in [0.25, 0.3) is 0 Å². The molecule has 0 amide bonds. The summed E-state index contributed by atoms with van der Waals surface area (Å²) in [6.45, 7) is 7.53. The molecule has 2 heterocycles. The van der Waals surface area contributed by atoms with E-state index in [-0.39, 0.29) is 13.2 Å². The fourth-order valence-electron chi connectivity index (χ4n) is 4.37. The van der Waals surface area contributed by atoms with E-state index in [1.807, 2.05) is 53.9 Å². The summed E-state index contributed by atoms with van der Waals surface area (Å²) in [4.78, 5) is 31.0. The number of anilines is 2. The highest BCUT2D eigenvalue weighted by Gasteiger charge is 2.39. The quantitative estimate of drug-likeness (QED) is 0.314. The number of dihydropyridines is 1. The molecule has 1 aliphatic rings. The van der Waals surface area contributed by atoms with Crippen LogP contribution in [0.15, 0.2) is 76.5 Å². The maximum absolute atomic E-state index is 13.1. The van der Waals surface area contributed by atoms with Gasteiger partial charge in [0.05, 0.1) is 36.0 Å². The van der Waals surface area contributed by atoms with Crippen LogP contribution in [0.3, 0.4) is 0 Å². The summed E-state index contributed by atoms with van der Waals surface area (Å²) < 4.78 is 10.8. The molecular weight excluding hydrogens is 510 g/mol. The number of hydrogen-bond donors (Lipinski definition) is 2. The minimum absolute atomic E-state index is 0.212. The first-order valence-corrected chi connectivity index (χ1v) is 13.2. The molecule has 7 nitrogen and oxygen atoms in total. The van der Waals surface area contributed by atoms with Gasteiger partial charge in [-0.25, -0.2) is 14.6 Å². The number of hydrogen-bond acceptors (Lipinski definition) is 8. The molecule has 0 fully saturated rings. The second-order valence-corrected chi connectivity index (χ2v) is 9.57. The fourth-order valence-corrected chi connectivity index (χ4v) is 5.32. The maximum atomic E-state index is 13.1. The summed E-state index contributed by atoms with van der Waals surface area (Å²) in [5, 5.41) is 9.75. The number of benzene rings is 2. The summed E-state index contributed by atoms with van der Waals surface area (Å²) >= 11 is 7.80. The number of thiazole rings is 1. The first kappa shape index (κ1) is 26.4. The van der Waals surface area contributed by atoms with E-state index in [2.05, 4.69) is 10.6 Å². The van der Waals surface area contributed by atoms with Crippen LogP contribution in [0.25, 0.3) is 11.3 Å². The number of rotatable bonds is 8. The van der Waals surface area contributed by atoms with Gasteiger partial charge < -0.3 is 20.1 Å². The van der Waals surface area contributed by atoms with Crippen LogP contribution in [0.4, 0.5) is 10.8 Å². The number of para-hydroxylation sites is 1. The third-order valence-corrected chi connectivity index (χ3v) is 7.01. The molecule has 0 unspecified atom stereocenters. The average Bonchev–Trinajstić information content (AvgIpc) is 3.32. The molecule has 0 radical (unpaired) electrons. The molecule has 0 saturated heterocycles. The van der Waals surface area contributed by atoms with Gasteiger partial charge in [-0.3, -0.25) is 0 Å². The Morgan fingerprint density at radius 2 is 1.57 bits per heavy atom. The number of nitrogens with zero attached hydrogens (tertiary/aromatic N) is 1. The molecule has 0 atom stereocenters. The number of ether oxygens (including phenoxy) is 2. The van der Waals surface area contributed by atoms with Crippen LogP contribution in [-0.4, -0.2) is 30.1 Å². The van der Waals surface area contributed by atoms with E-state index >= 15 is 0 Å². The average molecular weight is 538 g/mol. The Bertz CT molecular complexity index is 1360. The van der Waals surface area contributed by atoms with E-state index in [1.54, 1.807) is 27.7 Å². The zero-order valence-electron chi connectivity index (χ0n) is 21.1. The first-order chi connectivity index (χ1) is 17.8. The molecule has 0 bridgehead atoms. The number of aromatic nitrogens is 1. The van der Waals surface area contributed by atoms with Crippen LogP contribution in [0.1, 0.15) is 39.2 Å². The molecule has 0 aliphatic carbocycles. The molecule has 37 heavy (non-hydrogen) atoms. The summed E-state index contributed by atoms with van der Waals surface area (Å²) in [5.74, 6) is -1.68. The lowest BCUT2D eigenvalue weighted by molar-refractivity contribution is -0.139. The minimum Gasteiger partial charge on any atom is -0.463 e. The molecule has 1 aromatic heterocycles. The van der Waals surface area contributed by atoms with Crippen molar-refractivity contribution in [3.8, 4) is 11.3 Å². The first-order valence-electron chi connectivity index (χ1n) is 11.9. The van der Waals surface area contributed by atoms with Crippen molar-refractivity contribution < 1.29 is 19.1 Å². The predicted molar refractivity (Wildman–Crippen MR) is 147 cm³/mol. The van der Waals surface area contributed by atoms with Gasteiger partial charge in [0.15, 0.2) is 5.13 Å². The standard InChI is InChI=1S/C28H28ClN3O4S/c1-5-35-26(33)23-16(3)30-17(4)24(27(34)36-6-2)25(23)19-12-8-10-14-21(19)31-28-32-22(15-37-28)18-11-7-9-13-20(18)29/h7-15,25,30H,5-6H2,1-4H3,(H,31,32). The van der Waals surface area contributed by atoms with Gasteiger partial charge in [0, 0.05) is 33.0 Å². The molecule has 0 spiro atoms. The van der Waals surface area contributed by atoms with Crippen LogP contribution in [0.5, 0.6) is 0 Å². The Morgan fingerprint density at radius 1 is 0.973 bits per heavy atom. The van der Waals surface area contributed by atoms with E-state index in [1.165, 1.54) is 11.3 Å². The second kappa shape index (κ2) is 11.6. The van der Waals surface area contributed by atoms with Gasteiger partial charge in [-0.2, -0.15) is 0 Å². The van der Waals surface area contributed by atoms with Gasteiger partial charge in [-0.1, -0.05) is 48.0 Å². The van der Waals surface area contributed by atoms with Crippen molar-refractivity contribution in [3.05, 3.63) is 87.0 Å². The fraction of sp³-hybridized carbons (Fsp3) is 0.250. The third kappa shape index (κ3) is 5.55. The van der Waals surface area contributed by atoms with Crippen molar-refractivity contribution in [2.24, 2.45) is 0 Å². The lowest BCUT2D eigenvalue weighted by atomic mass is 9.79. The Kier molecular flexibility index (Phi) is 8.31. The number of halogens is 1. The van der Waals surface area contributed by atoms with Crippen molar-refractivity contribution >= 4 is 45.7 Å². The van der Waals surface area contributed by atoms with Crippen LogP contribution in [0.2, 0.25) is 5.02 Å². The van der Waals surface area contributed by atoms with Crippen LogP contribution in [0, 0.1) is 0 Å². The van der Waals surface area contributed by atoms with Gasteiger partial charge in [-0.05, 0) is 45.4 Å². The maximum Gasteiger partial charge on any atom is 0.336 e. The van der Waals surface area contributed by atoms with Crippen LogP contribution >= 0.6 is 22.9 Å². The van der Waals surface area contributed by atoms with Gasteiger partial charge >= 0.3 is 11.9 Å². The number of allylic oxidation sites excluding steroid dienone is 2. The number of esters is 2. The number of nitrogens with one attached hydrogen (secondary N) is 2. The Hall–Kier alpha value is -3.62. The zero-order chi connectivity index (χ0) is 26.5. The van der Waals surface area contributed by atoms with Crippen molar-refractivity contribution in [2.45, 2.75) is 33.6 Å². The topological polar surface area (TPSA) is 89.5 Å². The molecule has 4 rings (SSSR count). The monoisotopic (exact) mass is 537 g/mol. The predicted octanol–water partition coefficient (Wildman–Crippen LogP) is 6.57. The van der Waals surface area contributed by atoms with Crippen molar-refractivity contribution in [1.82, 2.24) is 10.3 Å². The van der Waals surface area contributed by atoms with E-state index in [4.69, 9.17) is 26.1 Å². The zero-order valence-corrected chi connectivity index (χ0v) is 22.6. The van der Waals surface area contributed by atoms with E-state index in [0.717, 1.165) is 16.8 Å². The van der Waals surface area contributed by atoms with Crippen LogP contribution in [-0.2, 0) is 19.1 Å². The lowest BCUT2D eigenvalue weighted by Gasteiger charge is -2.31. The van der Waals surface area contributed by atoms with E-state index in [9.17, 15) is 9.59 Å². The summed E-state index contributed by atoms with van der Waals surface area (Å²) in [6, 6.07) is 15.1. The summed E-state index contributed by atoms with van der Waals surface area (Å²) in [5.41, 5.74) is 5.00. The van der Waals surface area contributed by atoms with Crippen molar-refractivity contribution in [3.63, 3.8) is 0 Å². The highest BCUT2D eigenvalue weighted by Crippen LogP contribution is 2.43. The Morgan fingerprint density at radius 3 is 2.19 bits per heavy atom. The highest BCUT2D eigenvalue weighted by atomic mass is 35.5. The smallest absolute Gasteiger partial charge is 0.336 e. The second-order valence-electron chi connectivity index (χ2n) is 8.31. The molecule has 2 aromatic carbocycles. The normalized spacial score (nSPS) is 13.9. The molecule has 2 N–H and O–H groups in total. The van der Waals surface area contributed by atoms with Crippen molar-refractivity contribution in [2.75, 3.05) is 18.5 Å². The SMILES string of the molecule is CCOC(=O)C1=C(C)NC(C)=C(C(=O)OCC)C1c1ccccc1Nc1nc(-c2ccccc2Cl)cs1. The molecule has 192 valence electrons. The molecule has 0 saturated carbocycles. The third-order valence-electron chi connectivity index (χ3n) is 5.92. The summed E-state index contributed by atoms with van der Waals surface area (Å²) in [6.07, 6.45) is 0. The molecular formula is C28H28ClN3O4S. The molecule has 3 aromatic rings. The molecule has 1 aliphatic heterocycles. The number of carbonyl (C=O) groups excluding carboxylic acids is 2. The Labute approximate surface area is 225 Å². The van der Waals surface area contributed by atoms with Gasteiger partial charge in [0.1, 0.15) is 0 Å². The lowest BCUT2D eigenvalue weighted by Crippen LogP contribution is -2.32. The highest BCUT2D eigenvalue weighted by molar-refractivity contribution is 7.14. The Balaban J connectivity index is 1.79. The van der Waals surface area contributed by atoms with Gasteiger partial charge in [0.2, 0.25) is 0 Å².